The molecule has 0 spiro atoms. The zero-order valence-corrected chi connectivity index (χ0v) is 13.0. The molecule has 1 aliphatic rings. The summed E-state index contributed by atoms with van der Waals surface area (Å²) < 4.78 is 1.91. The SMILES string of the molecule is Cc1cccc(CCC(=O)N2CCC(n3ccnn3)CC2)c1. The first-order valence-electron chi connectivity index (χ1n) is 7.91. The van der Waals surface area contributed by atoms with Gasteiger partial charge in [0.2, 0.25) is 5.91 Å². The third-order valence-electron chi connectivity index (χ3n) is 4.34. The fourth-order valence-electron chi connectivity index (χ4n) is 3.07. The van der Waals surface area contributed by atoms with Crippen LogP contribution in [-0.4, -0.2) is 38.9 Å². The van der Waals surface area contributed by atoms with E-state index in [1.807, 2.05) is 15.8 Å². The monoisotopic (exact) mass is 298 g/mol. The van der Waals surface area contributed by atoms with Crippen LogP contribution in [-0.2, 0) is 11.2 Å². The van der Waals surface area contributed by atoms with Crippen molar-refractivity contribution in [2.24, 2.45) is 0 Å². The molecule has 1 fully saturated rings. The molecule has 5 heteroatoms. The van der Waals surface area contributed by atoms with E-state index in [1.54, 1.807) is 6.20 Å². The number of piperidine rings is 1. The summed E-state index contributed by atoms with van der Waals surface area (Å²) in [5.74, 6) is 0.263. The third-order valence-corrected chi connectivity index (χ3v) is 4.34. The maximum Gasteiger partial charge on any atom is 0.222 e. The number of benzene rings is 1. The molecule has 0 unspecified atom stereocenters. The summed E-state index contributed by atoms with van der Waals surface area (Å²) in [6, 6.07) is 8.77. The Kier molecular flexibility index (Phi) is 4.51. The van der Waals surface area contributed by atoms with Crippen molar-refractivity contribution >= 4 is 5.91 Å². The predicted molar refractivity (Wildman–Crippen MR) is 84.4 cm³/mol. The van der Waals surface area contributed by atoms with Gasteiger partial charge in [0.25, 0.3) is 0 Å². The Morgan fingerprint density at radius 2 is 2.14 bits per heavy atom. The van der Waals surface area contributed by atoms with Crippen molar-refractivity contribution in [2.45, 2.75) is 38.6 Å². The average Bonchev–Trinajstić information content (AvgIpc) is 3.07. The predicted octanol–water partition coefficient (Wildman–Crippen LogP) is 2.38. The van der Waals surface area contributed by atoms with Gasteiger partial charge < -0.3 is 4.90 Å². The minimum atomic E-state index is 0.263. The van der Waals surface area contributed by atoms with E-state index in [4.69, 9.17) is 0 Å². The molecule has 0 bridgehead atoms. The van der Waals surface area contributed by atoms with E-state index in [1.165, 1.54) is 11.1 Å². The quantitative estimate of drug-likeness (QED) is 0.871. The van der Waals surface area contributed by atoms with Crippen molar-refractivity contribution < 1.29 is 4.79 Å². The molecule has 1 saturated heterocycles. The van der Waals surface area contributed by atoms with Gasteiger partial charge in [-0.3, -0.25) is 4.79 Å². The standard InChI is InChI=1S/C17H22N4O/c1-14-3-2-4-15(13-14)5-6-17(22)20-10-7-16(8-11-20)21-12-9-18-19-21/h2-4,9,12-13,16H,5-8,10-11H2,1H3. The number of aryl methyl sites for hydroxylation is 2. The smallest absolute Gasteiger partial charge is 0.222 e. The number of likely N-dealkylation sites (tertiary alicyclic amines) is 1. The van der Waals surface area contributed by atoms with E-state index in [0.29, 0.717) is 12.5 Å². The molecule has 1 aromatic carbocycles. The molecule has 116 valence electrons. The lowest BCUT2D eigenvalue weighted by Crippen LogP contribution is -2.39. The van der Waals surface area contributed by atoms with Gasteiger partial charge in [-0.05, 0) is 31.7 Å². The molecule has 0 N–H and O–H groups in total. The summed E-state index contributed by atoms with van der Waals surface area (Å²) >= 11 is 0. The molecule has 0 atom stereocenters. The Morgan fingerprint density at radius 1 is 1.32 bits per heavy atom. The highest BCUT2D eigenvalue weighted by Crippen LogP contribution is 2.21. The van der Waals surface area contributed by atoms with Crippen molar-refractivity contribution in [3.05, 3.63) is 47.8 Å². The van der Waals surface area contributed by atoms with E-state index in [2.05, 4.69) is 41.5 Å². The van der Waals surface area contributed by atoms with Gasteiger partial charge in [-0.15, -0.1) is 5.10 Å². The lowest BCUT2D eigenvalue weighted by atomic mass is 10.0. The van der Waals surface area contributed by atoms with Gasteiger partial charge in [-0.25, -0.2) is 4.68 Å². The normalized spacial score (nSPS) is 16.0. The van der Waals surface area contributed by atoms with E-state index in [0.717, 1.165) is 32.4 Å². The molecule has 1 amide bonds. The van der Waals surface area contributed by atoms with Crippen LogP contribution in [0, 0.1) is 6.92 Å². The number of carbonyl (C=O) groups is 1. The highest BCUT2D eigenvalue weighted by molar-refractivity contribution is 5.76. The van der Waals surface area contributed by atoms with Crippen LogP contribution in [0.25, 0.3) is 0 Å². The maximum absolute atomic E-state index is 12.3. The summed E-state index contributed by atoms with van der Waals surface area (Å²) in [7, 11) is 0. The molecule has 3 rings (SSSR count). The van der Waals surface area contributed by atoms with Gasteiger partial charge in [-0.1, -0.05) is 35.0 Å². The lowest BCUT2D eigenvalue weighted by molar-refractivity contribution is -0.132. The maximum atomic E-state index is 12.3. The summed E-state index contributed by atoms with van der Waals surface area (Å²) in [4.78, 5) is 14.3. The van der Waals surface area contributed by atoms with Crippen molar-refractivity contribution in [2.75, 3.05) is 13.1 Å². The zero-order chi connectivity index (χ0) is 15.4. The molecule has 0 aliphatic carbocycles. The molecule has 1 aliphatic heterocycles. The molecular weight excluding hydrogens is 276 g/mol. The first kappa shape index (κ1) is 14.8. The molecule has 0 saturated carbocycles. The molecule has 22 heavy (non-hydrogen) atoms. The molecular formula is C17H22N4O. The summed E-state index contributed by atoms with van der Waals surface area (Å²) in [6.45, 7) is 3.72. The van der Waals surface area contributed by atoms with E-state index in [-0.39, 0.29) is 5.91 Å². The van der Waals surface area contributed by atoms with Gasteiger partial charge in [0, 0.05) is 25.7 Å². The van der Waals surface area contributed by atoms with Gasteiger partial charge in [0.15, 0.2) is 0 Å². The minimum absolute atomic E-state index is 0.263. The van der Waals surface area contributed by atoms with Gasteiger partial charge in [-0.2, -0.15) is 0 Å². The van der Waals surface area contributed by atoms with Crippen LogP contribution in [0.2, 0.25) is 0 Å². The summed E-state index contributed by atoms with van der Waals surface area (Å²) in [5, 5.41) is 7.91. The zero-order valence-electron chi connectivity index (χ0n) is 13.0. The molecule has 0 radical (unpaired) electrons. The largest absolute Gasteiger partial charge is 0.343 e. The number of hydrogen-bond acceptors (Lipinski definition) is 3. The van der Waals surface area contributed by atoms with Gasteiger partial charge >= 0.3 is 0 Å². The van der Waals surface area contributed by atoms with Crippen molar-refractivity contribution in [3.8, 4) is 0 Å². The van der Waals surface area contributed by atoms with Crippen LogP contribution >= 0.6 is 0 Å². The molecule has 2 heterocycles. The average molecular weight is 298 g/mol. The van der Waals surface area contributed by atoms with Crippen molar-refractivity contribution in [1.82, 2.24) is 19.9 Å². The van der Waals surface area contributed by atoms with Gasteiger partial charge in [0.1, 0.15) is 0 Å². The third kappa shape index (κ3) is 3.53. The van der Waals surface area contributed by atoms with Crippen molar-refractivity contribution in [1.29, 1.82) is 0 Å². The number of hydrogen-bond donors (Lipinski definition) is 0. The molecule has 2 aromatic rings. The first-order chi connectivity index (χ1) is 10.7. The van der Waals surface area contributed by atoms with Crippen LogP contribution in [0.5, 0.6) is 0 Å². The summed E-state index contributed by atoms with van der Waals surface area (Å²) in [6.07, 6.45) is 6.94. The number of aromatic nitrogens is 3. The number of rotatable bonds is 4. The van der Waals surface area contributed by atoms with Crippen LogP contribution in [0.4, 0.5) is 0 Å². The Labute approximate surface area is 130 Å². The lowest BCUT2D eigenvalue weighted by Gasteiger charge is -2.32. The second kappa shape index (κ2) is 6.73. The second-order valence-corrected chi connectivity index (χ2v) is 5.98. The van der Waals surface area contributed by atoms with Gasteiger partial charge in [0.05, 0.1) is 12.2 Å². The number of carbonyl (C=O) groups excluding carboxylic acids is 1. The Bertz CT molecular complexity index is 615. The topological polar surface area (TPSA) is 51.0 Å². The Hall–Kier alpha value is -2.17. The molecule has 1 aromatic heterocycles. The fraction of sp³-hybridized carbons (Fsp3) is 0.471. The van der Waals surface area contributed by atoms with Crippen LogP contribution in [0.1, 0.15) is 36.4 Å². The highest BCUT2D eigenvalue weighted by atomic mass is 16.2. The van der Waals surface area contributed by atoms with Crippen LogP contribution in [0.3, 0.4) is 0 Å². The van der Waals surface area contributed by atoms with Crippen molar-refractivity contribution in [3.63, 3.8) is 0 Å². The number of nitrogens with zero attached hydrogens (tertiary/aromatic N) is 4. The number of amides is 1. The minimum Gasteiger partial charge on any atom is -0.343 e. The van der Waals surface area contributed by atoms with Crippen LogP contribution < -0.4 is 0 Å². The molecule has 5 nitrogen and oxygen atoms in total. The van der Waals surface area contributed by atoms with E-state index in [9.17, 15) is 4.79 Å². The Morgan fingerprint density at radius 3 is 2.82 bits per heavy atom. The summed E-state index contributed by atoms with van der Waals surface area (Å²) in [5.41, 5.74) is 2.49. The fourth-order valence-corrected chi connectivity index (χ4v) is 3.07. The Balaban J connectivity index is 1.48. The highest BCUT2D eigenvalue weighted by Gasteiger charge is 2.23. The van der Waals surface area contributed by atoms with E-state index < -0.39 is 0 Å². The first-order valence-corrected chi connectivity index (χ1v) is 7.91. The van der Waals surface area contributed by atoms with Crippen LogP contribution in [0.15, 0.2) is 36.7 Å². The van der Waals surface area contributed by atoms with E-state index >= 15 is 0 Å². The second-order valence-electron chi connectivity index (χ2n) is 5.98.